The molecule has 1 heterocycles. The number of fused-ring (bicyclic) bond motifs is 2. The van der Waals surface area contributed by atoms with Gasteiger partial charge in [-0.3, -0.25) is 4.79 Å². The normalized spacial score (nSPS) is 16.1. The van der Waals surface area contributed by atoms with Crippen LogP contribution in [-0.2, 0) is 16.1 Å². The van der Waals surface area contributed by atoms with Gasteiger partial charge in [-0.05, 0) is 37.6 Å². The first-order valence-electron chi connectivity index (χ1n) is 12.1. The second-order valence-corrected chi connectivity index (χ2v) is 9.30. The number of Topliss-reactive ketones (excluding diaryl/α,β-unsaturated/α-hetero) is 1. The number of carbonyl (C=O) groups is 2. The van der Waals surface area contributed by atoms with Crippen LogP contribution in [0.4, 0.5) is 4.39 Å². The van der Waals surface area contributed by atoms with Gasteiger partial charge in [-0.25, -0.2) is 9.18 Å². The molecule has 0 aromatic heterocycles. The number of hydrogen-bond donors (Lipinski definition) is 1. The summed E-state index contributed by atoms with van der Waals surface area (Å²) in [6, 6.07) is 17.0. The van der Waals surface area contributed by atoms with Crippen molar-refractivity contribution in [3.8, 4) is 11.5 Å². The first-order chi connectivity index (χ1) is 18.3. The van der Waals surface area contributed by atoms with E-state index in [0.29, 0.717) is 51.6 Å². The summed E-state index contributed by atoms with van der Waals surface area (Å²) in [5.41, 5.74) is 4.18. The van der Waals surface area contributed by atoms with Crippen LogP contribution in [0.15, 0.2) is 77.5 Å². The molecule has 0 amide bonds. The predicted octanol–water partition coefficient (Wildman–Crippen LogP) is 6.20. The van der Waals surface area contributed by atoms with Crippen molar-refractivity contribution in [2.45, 2.75) is 26.4 Å². The van der Waals surface area contributed by atoms with E-state index in [1.807, 2.05) is 19.1 Å². The molecule has 0 saturated heterocycles. The van der Waals surface area contributed by atoms with E-state index in [4.69, 9.17) is 25.8 Å². The molecule has 0 spiro atoms. The number of ether oxygens (including phenoxy) is 3. The fourth-order valence-corrected chi connectivity index (χ4v) is 5.24. The molecule has 194 valence electrons. The number of halogens is 2. The molecule has 0 saturated carbocycles. The minimum Gasteiger partial charge on any atom is -0.490 e. The Morgan fingerprint density at radius 1 is 1.05 bits per heavy atom. The fraction of sp³-hybridized carbons (Fsp3) is 0.200. The predicted molar refractivity (Wildman–Crippen MR) is 142 cm³/mol. The maximum atomic E-state index is 14.2. The van der Waals surface area contributed by atoms with Crippen LogP contribution in [0, 0.1) is 5.82 Å². The summed E-state index contributed by atoms with van der Waals surface area (Å²) in [7, 11) is 1.30. The van der Waals surface area contributed by atoms with Gasteiger partial charge in [-0.2, -0.15) is 0 Å². The number of nitrogens with one attached hydrogen (secondary N) is 1. The standard InChI is InChI=1S/C30H25ClFNO5/c1-4-37-23-14-18(13-21(31)29(23)38-15-17-9-5-8-12-22(17)32)25-24(30(35)36-3)16(2)33-27-19-10-6-7-11-20(19)28(34)26(25)27/h5-14,25,33H,4,15H2,1-3H3/t25-/m1/s1. The van der Waals surface area contributed by atoms with E-state index in [-0.39, 0.29) is 23.2 Å². The number of hydrogen-bond acceptors (Lipinski definition) is 6. The molecule has 3 aromatic rings. The highest BCUT2D eigenvalue weighted by Crippen LogP contribution is 2.49. The van der Waals surface area contributed by atoms with Crippen LogP contribution in [0.25, 0.3) is 5.70 Å². The molecule has 6 nitrogen and oxygen atoms in total. The molecule has 1 aliphatic carbocycles. The second-order valence-electron chi connectivity index (χ2n) is 8.89. The maximum absolute atomic E-state index is 14.2. The van der Waals surface area contributed by atoms with E-state index < -0.39 is 17.7 Å². The Bertz CT molecular complexity index is 1530. The lowest BCUT2D eigenvalue weighted by Gasteiger charge is -2.29. The number of dihydropyridines is 1. The monoisotopic (exact) mass is 533 g/mol. The summed E-state index contributed by atoms with van der Waals surface area (Å²) in [6.07, 6.45) is 0. The minimum absolute atomic E-state index is 0.0608. The Kier molecular flexibility index (Phi) is 6.95. The highest BCUT2D eigenvalue weighted by Gasteiger charge is 2.43. The van der Waals surface area contributed by atoms with Crippen LogP contribution < -0.4 is 14.8 Å². The number of esters is 1. The third-order valence-electron chi connectivity index (χ3n) is 6.65. The number of benzene rings is 3. The van der Waals surface area contributed by atoms with Crippen molar-refractivity contribution in [3.05, 3.63) is 111 Å². The van der Waals surface area contributed by atoms with Crippen LogP contribution in [0.2, 0.25) is 5.02 Å². The fourth-order valence-electron chi connectivity index (χ4n) is 4.97. The van der Waals surface area contributed by atoms with E-state index in [0.717, 1.165) is 5.56 Å². The zero-order chi connectivity index (χ0) is 27.0. The Hall–Kier alpha value is -4.10. The van der Waals surface area contributed by atoms with Crippen LogP contribution in [0.5, 0.6) is 11.5 Å². The average Bonchev–Trinajstić information content (AvgIpc) is 3.19. The number of carbonyl (C=O) groups excluding carboxylic acids is 2. The molecule has 0 fully saturated rings. The Morgan fingerprint density at radius 2 is 1.76 bits per heavy atom. The van der Waals surface area contributed by atoms with Gasteiger partial charge < -0.3 is 19.5 Å². The molecular formula is C30H25ClFNO5. The summed E-state index contributed by atoms with van der Waals surface area (Å²) in [6.45, 7) is 3.83. The average molecular weight is 534 g/mol. The zero-order valence-electron chi connectivity index (χ0n) is 21.1. The molecule has 0 unspecified atom stereocenters. The van der Waals surface area contributed by atoms with E-state index in [1.54, 1.807) is 49.4 Å². The third kappa shape index (κ3) is 4.33. The van der Waals surface area contributed by atoms with Gasteiger partial charge in [0.15, 0.2) is 17.3 Å². The lowest BCUT2D eigenvalue weighted by molar-refractivity contribution is -0.136. The molecule has 1 atom stereocenters. The van der Waals surface area contributed by atoms with E-state index >= 15 is 0 Å². The molecular weight excluding hydrogens is 509 g/mol. The quantitative estimate of drug-likeness (QED) is 0.365. The Morgan fingerprint density at radius 3 is 2.47 bits per heavy atom. The topological polar surface area (TPSA) is 73.9 Å². The first kappa shape index (κ1) is 25.5. The lowest BCUT2D eigenvalue weighted by atomic mass is 9.79. The third-order valence-corrected chi connectivity index (χ3v) is 6.93. The van der Waals surface area contributed by atoms with Gasteiger partial charge in [0.05, 0.1) is 30.0 Å². The van der Waals surface area contributed by atoms with Crippen LogP contribution in [-0.4, -0.2) is 25.5 Å². The molecule has 5 rings (SSSR count). The van der Waals surface area contributed by atoms with Crippen LogP contribution in [0.1, 0.15) is 46.8 Å². The number of ketones is 1. The van der Waals surface area contributed by atoms with Crippen molar-refractivity contribution < 1.29 is 28.2 Å². The van der Waals surface area contributed by atoms with Crippen molar-refractivity contribution in [1.29, 1.82) is 0 Å². The largest absolute Gasteiger partial charge is 0.490 e. The number of methoxy groups -OCH3 is 1. The van der Waals surface area contributed by atoms with E-state index in [1.165, 1.54) is 13.2 Å². The first-order valence-corrected chi connectivity index (χ1v) is 12.5. The summed E-state index contributed by atoms with van der Waals surface area (Å²) < 4.78 is 31.1. The molecule has 8 heteroatoms. The molecule has 1 N–H and O–H groups in total. The van der Waals surface area contributed by atoms with Gasteiger partial charge in [-0.15, -0.1) is 0 Å². The second kappa shape index (κ2) is 10.3. The molecule has 3 aromatic carbocycles. The van der Waals surface area contributed by atoms with Crippen molar-refractivity contribution in [2.75, 3.05) is 13.7 Å². The van der Waals surface area contributed by atoms with E-state index in [9.17, 15) is 14.0 Å². The Labute approximate surface area is 224 Å². The zero-order valence-corrected chi connectivity index (χ0v) is 21.8. The Balaban J connectivity index is 1.63. The van der Waals surface area contributed by atoms with Gasteiger partial charge in [-0.1, -0.05) is 54.1 Å². The smallest absolute Gasteiger partial charge is 0.336 e. The van der Waals surface area contributed by atoms with Crippen molar-refractivity contribution >= 4 is 29.1 Å². The lowest BCUT2D eigenvalue weighted by Crippen LogP contribution is -2.29. The highest BCUT2D eigenvalue weighted by molar-refractivity contribution is 6.32. The SMILES string of the molecule is CCOc1cc([C@@H]2C(C(=O)OC)=C(C)NC3=C2C(=O)c2ccccc23)cc(Cl)c1OCc1ccccc1F. The summed E-state index contributed by atoms with van der Waals surface area (Å²) in [5.74, 6) is -1.35. The van der Waals surface area contributed by atoms with Gasteiger partial charge in [0.1, 0.15) is 12.4 Å². The van der Waals surface area contributed by atoms with Crippen molar-refractivity contribution in [3.63, 3.8) is 0 Å². The highest BCUT2D eigenvalue weighted by atomic mass is 35.5. The molecule has 38 heavy (non-hydrogen) atoms. The summed E-state index contributed by atoms with van der Waals surface area (Å²) in [4.78, 5) is 26.6. The van der Waals surface area contributed by atoms with Crippen molar-refractivity contribution in [1.82, 2.24) is 5.32 Å². The molecule has 2 aliphatic rings. The van der Waals surface area contributed by atoms with Gasteiger partial charge in [0.25, 0.3) is 0 Å². The number of rotatable bonds is 7. The molecule has 1 aliphatic heterocycles. The van der Waals surface area contributed by atoms with Gasteiger partial charge in [0.2, 0.25) is 0 Å². The minimum atomic E-state index is -0.768. The van der Waals surface area contributed by atoms with Crippen LogP contribution >= 0.6 is 11.6 Å². The van der Waals surface area contributed by atoms with Gasteiger partial charge in [0, 0.05) is 33.9 Å². The van der Waals surface area contributed by atoms with Crippen molar-refractivity contribution in [2.24, 2.45) is 0 Å². The summed E-state index contributed by atoms with van der Waals surface area (Å²) >= 11 is 6.71. The number of allylic oxidation sites excluding steroid dienone is 2. The van der Waals surface area contributed by atoms with E-state index in [2.05, 4.69) is 5.32 Å². The van der Waals surface area contributed by atoms with Crippen LogP contribution in [0.3, 0.4) is 0 Å². The maximum Gasteiger partial charge on any atom is 0.336 e. The van der Waals surface area contributed by atoms with Gasteiger partial charge >= 0.3 is 5.97 Å². The molecule has 0 radical (unpaired) electrons. The molecule has 0 bridgehead atoms. The summed E-state index contributed by atoms with van der Waals surface area (Å²) in [5, 5.41) is 3.45.